The van der Waals surface area contributed by atoms with Crippen LogP contribution in [0.5, 0.6) is 0 Å². The molecular weight excluding hydrogens is 416 g/mol. The van der Waals surface area contributed by atoms with Crippen LogP contribution >= 0.6 is 0 Å². The van der Waals surface area contributed by atoms with Gasteiger partial charge in [0.2, 0.25) is 0 Å². The molecule has 4 heteroatoms. The van der Waals surface area contributed by atoms with Crippen LogP contribution in [0.25, 0.3) is 0 Å². The van der Waals surface area contributed by atoms with E-state index in [9.17, 15) is 0 Å². The Hall–Kier alpha value is -0.420. The molecule has 0 aliphatic heterocycles. The van der Waals surface area contributed by atoms with E-state index < -0.39 is 0 Å². The summed E-state index contributed by atoms with van der Waals surface area (Å²) in [5.74, 6) is 0. The van der Waals surface area contributed by atoms with E-state index in [4.69, 9.17) is 0 Å². The van der Waals surface area contributed by atoms with Crippen molar-refractivity contribution in [1.82, 2.24) is 21.3 Å². The summed E-state index contributed by atoms with van der Waals surface area (Å²) < 4.78 is 0. The summed E-state index contributed by atoms with van der Waals surface area (Å²) in [5.41, 5.74) is 0.920. The third-order valence-corrected chi connectivity index (χ3v) is 7.00. The number of hydrogen-bond donors (Lipinski definition) is 4. The summed E-state index contributed by atoms with van der Waals surface area (Å²) in [7, 11) is 0. The zero-order valence-corrected chi connectivity index (χ0v) is 25.6. The van der Waals surface area contributed by atoms with Gasteiger partial charge in [-0.05, 0) is 107 Å². The van der Waals surface area contributed by atoms with E-state index in [1.807, 2.05) is 13.8 Å². The van der Waals surface area contributed by atoms with Crippen LogP contribution < -0.4 is 21.3 Å². The van der Waals surface area contributed by atoms with Crippen molar-refractivity contribution in [2.75, 3.05) is 26.2 Å². The van der Waals surface area contributed by atoms with Gasteiger partial charge in [0.1, 0.15) is 0 Å². The molecule has 0 aliphatic rings. The van der Waals surface area contributed by atoms with Gasteiger partial charge in [0.15, 0.2) is 0 Å². The summed E-state index contributed by atoms with van der Waals surface area (Å²) in [6.07, 6.45) is 14.3. The molecule has 0 amide bonds. The van der Waals surface area contributed by atoms with Crippen molar-refractivity contribution in [2.45, 2.75) is 157 Å². The van der Waals surface area contributed by atoms with Crippen molar-refractivity contribution in [3.05, 3.63) is 12.2 Å². The molecule has 0 atom stereocenters. The van der Waals surface area contributed by atoms with Gasteiger partial charge in [-0.2, -0.15) is 0 Å². The van der Waals surface area contributed by atoms with Crippen LogP contribution in [0.1, 0.15) is 134 Å². The summed E-state index contributed by atoms with van der Waals surface area (Å²) in [6.45, 7) is 31.0. The molecule has 34 heavy (non-hydrogen) atoms. The molecular formula is C30H66N4. The average molecular weight is 483 g/mol. The minimum atomic E-state index is 0.192. The van der Waals surface area contributed by atoms with Gasteiger partial charge in [0.25, 0.3) is 0 Å². The minimum absolute atomic E-state index is 0.192. The minimum Gasteiger partial charge on any atom is -0.312 e. The predicted molar refractivity (Wildman–Crippen MR) is 157 cm³/mol. The number of unbranched alkanes of at least 4 members (excludes halogenated alkanes) is 2. The molecule has 0 aromatic carbocycles. The summed E-state index contributed by atoms with van der Waals surface area (Å²) in [6, 6.07) is 0. The SMILES string of the molecule is CC.CCC(C)(C)NCCCCC(C)(C)NC/C=C/CNC(C)(C)CCCCNC(C)(C)CC. The highest BCUT2D eigenvalue weighted by Crippen LogP contribution is 2.15. The third kappa shape index (κ3) is 22.1. The second-order valence-electron chi connectivity index (χ2n) is 12.2. The first kappa shape index (κ1) is 35.7. The lowest BCUT2D eigenvalue weighted by Crippen LogP contribution is -2.41. The van der Waals surface area contributed by atoms with Crippen molar-refractivity contribution in [2.24, 2.45) is 0 Å². The number of nitrogens with one attached hydrogen (secondary N) is 4. The molecule has 0 rings (SSSR count). The average Bonchev–Trinajstić information content (AvgIpc) is 2.76. The fraction of sp³-hybridized carbons (Fsp3) is 0.933. The summed E-state index contributed by atoms with van der Waals surface area (Å²) in [4.78, 5) is 0. The predicted octanol–water partition coefficient (Wildman–Crippen LogP) is 7.20. The Balaban J connectivity index is 0. The normalized spacial score (nSPS) is 13.3. The van der Waals surface area contributed by atoms with Crippen molar-refractivity contribution in [1.29, 1.82) is 0 Å². The Kier molecular flexibility index (Phi) is 19.8. The first-order valence-corrected chi connectivity index (χ1v) is 14.4. The first-order chi connectivity index (χ1) is 15.7. The van der Waals surface area contributed by atoms with Gasteiger partial charge in [-0.1, -0.05) is 52.7 Å². The molecule has 0 bridgehead atoms. The maximum Gasteiger partial charge on any atom is 0.0140 e. The second kappa shape index (κ2) is 18.8. The highest BCUT2D eigenvalue weighted by Gasteiger charge is 2.18. The van der Waals surface area contributed by atoms with E-state index >= 15 is 0 Å². The van der Waals surface area contributed by atoms with Crippen LogP contribution in [0.15, 0.2) is 12.2 Å². The monoisotopic (exact) mass is 483 g/mol. The Labute approximate surface area is 216 Å². The van der Waals surface area contributed by atoms with Crippen LogP contribution in [0.2, 0.25) is 0 Å². The Bertz CT molecular complexity index is 448. The van der Waals surface area contributed by atoms with Crippen molar-refractivity contribution < 1.29 is 0 Å². The fourth-order valence-electron chi connectivity index (χ4n) is 3.50. The lowest BCUT2D eigenvalue weighted by Gasteiger charge is -2.28. The molecule has 0 unspecified atom stereocenters. The van der Waals surface area contributed by atoms with E-state index in [0.717, 1.165) is 26.2 Å². The molecule has 0 aliphatic carbocycles. The quantitative estimate of drug-likeness (QED) is 0.109. The van der Waals surface area contributed by atoms with E-state index in [1.165, 1.54) is 51.4 Å². The van der Waals surface area contributed by atoms with Gasteiger partial charge in [0, 0.05) is 35.2 Å². The molecule has 4 nitrogen and oxygen atoms in total. The molecule has 0 saturated carbocycles. The van der Waals surface area contributed by atoms with Gasteiger partial charge >= 0.3 is 0 Å². The van der Waals surface area contributed by atoms with Crippen molar-refractivity contribution >= 4 is 0 Å². The fourth-order valence-corrected chi connectivity index (χ4v) is 3.50. The van der Waals surface area contributed by atoms with Gasteiger partial charge < -0.3 is 21.3 Å². The number of hydrogen-bond acceptors (Lipinski definition) is 4. The first-order valence-electron chi connectivity index (χ1n) is 14.4. The van der Waals surface area contributed by atoms with Crippen LogP contribution in [-0.4, -0.2) is 48.3 Å². The molecule has 0 aromatic rings. The lowest BCUT2D eigenvalue weighted by atomic mass is 9.96. The van der Waals surface area contributed by atoms with Gasteiger partial charge in [-0.25, -0.2) is 0 Å². The molecule has 0 radical (unpaired) electrons. The van der Waals surface area contributed by atoms with E-state index in [-0.39, 0.29) is 22.2 Å². The lowest BCUT2D eigenvalue weighted by molar-refractivity contribution is 0.340. The zero-order valence-electron chi connectivity index (χ0n) is 25.6. The van der Waals surface area contributed by atoms with Crippen molar-refractivity contribution in [3.8, 4) is 0 Å². The summed E-state index contributed by atoms with van der Waals surface area (Å²) >= 11 is 0. The second-order valence-corrected chi connectivity index (χ2v) is 12.2. The van der Waals surface area contributed by atoms with Crippen LogP contribution in [-0.2, 0) is 0 Å². The van der Waals surface area contributed by atoms with Crippen LogP contribution in [0, 0.1) is 0 Å². The zero-order chi connectivity index (χ0) is 26.7. The van der Waals surface area contributed by atoms with Gasteiger partial charge in [-0.15, -0.1) is 0 Å². The smallest absolute Gasteiger partial charge is 0.0140 e. The Morgan fingerprint density at radius 3 is 1.09 bits per heavy atom. The maximum absolute atomic E-state index is 3.70. The van der Waals surface area contributed by atoms with Gasteiger partial charge in [0.05, 0.1) is 0 Å². The highest BCUT2D eigenvalue weighted by atomic mass is 15.0. The molecule has 4 N–H and O–H groups in total. The highest BCUT2D eigenvalue weighted by molar-refractivity contribution is 4.91. The molecule has 0 saturated heterocycles. The molecule has 0 aromatic heterocycles. The van der Waals surface area contributed by atoms with E-state index in [0.29, 0.717) is 0 Å². The van der Waals surface area contributed by atoms with E-state index in [2.05, 4.69) is 103 Å². The Morgan fingerprint density at radius 1 is 0.471 bits per heavy atom. The van der Waals surface area contributed by atoms with E-state index in [1.54, 1.807) is 0 Å². The molecule has 0 fully saturated rings. The summed E-state index contributed by atoms with van der Waals surface area (Å²) in [5, 5.41) is 14.7. The van der Waals surface area contributed by atoms with Crippen LogP contribution in [0.3, 0.4) is 0 Å². The largest absolute Gasteiger partial charge is 0.312 e. The molecule has 206 valence electrons. The van der Waals surface area contributed by atoms with Crippen molar-refractivity contribution in [3.63, 3.8) is 0 Å². The maximum atomic E-state index is 3.70. The third-order valence-electron chi connectivity index (χ3n) is 7.00. The topological polar surface area (TPSA) is 48.1 Å². The van der Waals surface area contributed by atoms with Gasteiger partial charge in [-0.3, -0.25) is 0 Å². The number of rotatable bonds is 20. The molecule has 0 spiro atoms. The Morgan fingerprint density at radius 2 is 0.794 bits per heavy atom. The standard InChI is InChI=1S/C28H60N4.C2H6/c1-11-25(3,4)29-21-15-13-19-27(7,8)31-23-17-18-24-32-28(9,10)20-14-16-22-30-26(5,6)12-2;1-2/h17-18,29-32H,11-16,19-24H2,1-10H3;1-2H3/b18-17+;. The van der Waals surface area contributed by atoms with Crippen LogP contribution in [0.4, 0.5) is 0 Å². The molecule has 0 heterocycles.